The van der Waals surface area contributed by atoms with Gasteiger partial charge in [0.15, 0.2) is 11.5 Å². The number of benzene rings is 2. The molecule has 0 amide bonds. The minimum absolute atomic E-state index is 0.0990. The van der Waals surface area contributed by atoms with E-state index < -0.39 is 7.60 Å². The second-order valence-electron chi connectivity index (χ2n) is 6.55. The number of fused-ring (bicyclic) bond motifs is 1. The molecule has 0 aliphatic carbocycles. The molecular formula is C21H22ClN2O6P. The highest BCUT2D eigenvalue weighted by molar-refractivity contribution is 7.62. The normalized spacial score (nSPS) is 12.9. The van der Waals surface area contributed by atoms with Crippen LogP contribution in [-0.2, 0) is 20.2 Å². The molecular weight excluding hydrogens is 443 g/mol. The number of ether oxygens (including phenoxy) is 2. The van der Waals surface area contributed by atoms with Gasteiger partial charge in [-0.15, -0.1) is 0 Å². The molecule has 10 heteroatoms. The maximum atomic E-state index is 13.4. The van der Waals surface area contributed by atoms with E-state index in [9.17, 15) is 4.57 Å². The van der Waals surface area contributed by atoms with E-state index in [4.69, 9.17) is 34.5 Å². The molecule has 1 N–H and O–H groups in total. The van der Waals surface area contributed by atoms with Crippen LogP contribution in [-0.4, -0.2) is 25.0 Å². The third-order valence-corrected chi connectivity index (χ3v) is 6.72. The highest BCUT2D eigenvalue weighted by Crippen LogP contribution is 2.49. The van der Waals surface area contributed by atoms with E-state index in [1.807, 2.05) is 18.2 Å². The Morgan fingerprint density at radius 2 is 1.77 bits per heavy atom. The molecule has 1 aliphatic rings. The van der Waals surface area contributed by atoms with Crippen LogP contribution >= 0.6 is 19.2 Å². The molecule has 31 heavy (non-hydrogen) atoms. The van der Waals surface area contributed by atoms with Crippen molar-refractivity contribution in [3.8, 4) is 23.0 Å². The van der Waals surface area contributed by atoms with Gasteiger partial charge in [0.05, 0.1) is 13.2 Å². The van der Waals surface area contributed by atoms with E-state index in [-0.39, 0.29) is 37.2 Å². The number of oxazole rings is 1. The first-order valence-electron chi connectivity index (χ1n) is 9.81. The summed E-state index contributed by atoms with van der Waals surface area (Å²) in [6.45, 7) is 4.45. The summed E-state index contributed by atoms with van der Waals surface area (Å²) < 4.78 is 41.1. The van der Waals surface area contributed by atoms with Crippen molar-refractivity contribution in [1.29, 1.82) is 0 Å². The van der Waals surface area contributed by atoms with Gasteiger partial charge in [0, 0.05) is 17.1 Å². The fourth-order valence-electron chi connectivity index (χ4n) is 3.06. The summed E-state index contributed by atoms with van der Waals surface area (Å²) in [5.74, 6) is 1.87. The summed E-state index contributed by atoms with van der Waals surface area (Å²) in [6, 6.07) is 12.6. The molecule has 0 fully saturated rings. The Labute approximate surface area is 185 Å². The zero-order valence-electron chi connectivity index (χ0n) is 17.1. The fourth-order valence-corrected chi connectivity index (χ4v) is 4.77. The molecule has 1 aliphatic heterocycles. The molecule has 0 bridgehead atoms. The van der Waals surface area contributed by atoms with E-state index in [2.05, 4.69) is 10.3 Å². The summed E-state index contributed by atoms with van der Waals surface area (Å²) in [4.78, 5) is 4.46. The zero-order chi connectivity index (χ0) is 21.8. The Hall–Kier alpha value is -2.51. The van der Waals surface area contributed by atoms with Crippen LogP contribution in [0.3, 0.4) is 0 Å². The van der Waals surface area contributed by atoms with Crippen molar-refractivity contribution < 1.29 is 27.5 Å². The van der Waals surface area contributed by atoms with Crippen LogP contribution in [0, 0.1) is 0 Å². The molecule has 164 valence electrons. The topological polar surface area (TPSA) is 92.1 Å². The van der Waals surface area contributed by atoms with Gasteiger partial charge in [0.25, 0.3) is 0 Å². The molecule has 0 atom stereocenters. The van der Waals surface area contributed by atoms with Crippen LogP contribution in [0.1, 0.15) is 19.4 Å². The predicted octanol–water partition coefficient (Wildman–Crippen LogP) is 5.23. The van der Waals surface area contributed by atoms with Gasteiger partial charge in [-0.1, -0.05) is 17.7 Å². The SMILES string of the molecule is CCOP(=O)(OCC)c1nc(-c2ccc(Cl)cc2)oc1NCc1ccc2c(c1)OCO2. The van der Waals surface area contributed by atoms with Crippen LogP contribution in [0.5, 0.6) is 11.5 Å². The smallest absolute Gasteiger partial charge is 0.385 e. The highest BCUT2D eigenvalue weighted by atomic mass is 35.5. The summed E-state index contributed by atoms with van der Waals surface area (Å²) in [7, 11) is -3.69. The Morgan fingerprint density at radius 1 is 1.06 bits per heavy atom. The lowest BCUT2D eigenvalue weighted by molar-refractivity contribution is 0.174. The number of halogens is 1. The number of hydrogen-bond acceptors (Lipinski definition) is 8. The van der Waals surface area contributed by atoms with Crippen LogP contribution < -0.4 is 20.2 Å². The minimum Gasteiger partial charge on any atom is -0.454 e. The number of anilines is 1. The van der Waals surface area contributed by atoms with Gasteiger partial charge < -0.3 is 28.3 Å². The van der Waals surface area contributed by atoms with Crippen LogP contribution in [0.2, 0.25) is 5.02 Å². The van der Waals surface area contributed by atoms with Gasteiger partial charge in [-0.3, -0.25) is 4.57 Å². The van der Waals surface area contributed by atoms with Gasteiger partial charge in [-0.05, 0) is 55.8 Å². The van der Waals surface area contributed by atoms with Crippen molar-refractivity contribution in [1.82, 2.24) is 4.98 Å². The third-order valence-electron chi connectivity index (χ3n) is 4.45. The van der Waals surface area contributed by atoms with Gasteiger partial charge in [0.1, 0.15) is 0 Å². The average molecular weight is 465 g/mol. The van der Waals surface area contributed by atoms with Crippen molar-refractivity contribution in [2.45, 2.75) is 20.4 Å². The maximum Gasteiger partial charge on any atom is 0.385 e. The van der Waals surface area contributed by atoms with Crippen molar-refractivity contribution >= 4 is 30.5 Å². The summed E-state index contributed by atoms with van der Waals surface area (Å²) in [6.07, 6.45) is 0. The largest absolute Gasteiger partial charge is 0.454 e. The Balaban J connectivity index is 1.66. The zero-order valence-corrected chi connectivity index (χ0v) is 18.7. The van der Waals surface area contributed by atoms with E-state index in [1.54, 1.807) is 38.1 Å². The predicted molar refractivity (Wildman–Crippen MR) is 117 cm³/mol. The molecule has 0 saturated carbocycles. The number of aromatic nitrogens is 1. The quantitative estimate of drug-likeness (QED) is 0.430. The molecule has 0 spiro atoms. The van der Waals surface area contributed by atoms with Gasteiger partial charge in [0.2, 0.25) is 24.0 Å². The van der Waals surface area contributed by atoms with Crippen LogP contribution in [0.25, 0.3) is 11.5 Å². The van der Waals surface area contributed by atoms with E-state index in [1.165, 1.54) is 0 Å². The fraction of sp³-hybridized carbons (Fsp3) is 0.286. The Kier molecular flexibility index (Phi) is 6.53. The third kappa shape index (κ3) is 4.72. The first-order chi connectivity index (χ1) is 15.0. The van der Waals surface area contributed by atoms with Crippen LogP contribution in [0.4, 0.5) is 5.88 Å². The molecule has 0 radical (unpaired) electrons. The maximum absolute atomic E-state index is 13.4. The van der Waals surface area contributed by atoms with E-state index in [0.717, 1.165) is 5.56 Å². The van der Waals surface area contributed by atoms with Crippen molar-refractivity contribution in [2.24, 2.45) is 0 Å². The molecule has 2 aromatic carbocycles. The number of hydrogen-bond donors (Lipinski definition) is 1. The minimum atomic E-state index is -3.69. The Morgan fingerprint density at radius 3 is 2.48 bits per heavy atom. The van der Waals surface area contributed by atoms with Crippen molar-refractivity contribution in [3.05, 3.63) is 53.1 Å². The summed E-state index contributed by atoms with van der Waals surface area (Å²) >= 11 is 5.98. The lowest BCUT2D eigenvalue weighted by Gasteiger charge is -2.15. The molecule has 3 aromatic rings. The molecule has 4 rings (SSSR count). The monoisotopic (exact) mass is 464 g/mol. The summed E-state index contributed by atoms with van der Waals surface area (Å²) in [5, 5.41) is 3.75. The van der Waals surface area contributed by atoms with Crippen molar-refractivity contribution in [2.75, 3.05) is 25.3 Å². The molecule has 0 unspecified atom stereocenters. The lowest BCUT2D eigenvalue weighted by atomic mass is 10.2. The number of rotatable bonds is 9. The highest BCUT2D eigenvalue weighted by Gasteiger charge is 2.35. The molecule has 1 aromatic heterocycles. The molecule has 2 heterocycles. The number of nitrogens with one attached hydrogen (secondary N) is 1. The van der Waals surface area contributed by atoms with E-state index in [0.29, 0.717) is 28.6 Å². The summed E-state index contributed by atoms with van der Waals surface area (Å²) in [5.41, 5.74) is 1.70. The van der Waals surface area contributed by atoms with Gasteiger partial charge in [-0.25, -0.2) is 0 Å². The van der Waals surface area contributed by atoms with Crippen LogP contribution in [0.15, 0.2) is 46.9 Å². The molecule has 8 nitrogen and oxygen atoms in total. The molecule has 0 saturated heterocycles. The van der Waals surface area contributed by atoms with E-state index >= 15 is 0 Å². The average Bonchev–Trinajstić information content (AvgIpc) is 3.40. The second-order valence-corrected chi connectivity index (χ2v) is 8.92. The van der Waals surface area contributed by atoms with Gasteiger partial charge >= 0.3 is 7.60 Å². The van der Waals surface area contributed by atoms with Gasteiger partial charge in [-0.2, -0.15) is 4.98 Å². The standard InChI is InChI=1S/C21H22ClN2O6P/c1-3-28-31(25,29-4-2)21-20(30-19(24-21)15-6-8-16(22)9-7-15)23-12-14-5-10-17-18(11-14)27-13-26-17/h5-11,23H,3-4,12-13H2,1-2H3. The first-order valence-corrected chi connectivity index (χ1v) is 11.7. The lowest BCUT2D eigenvalue weighted by Crippen LogP contribution is -2.16. The van der Waals surface area contributed by atoms with Crippen molar-refractivity contribution in [3.63, 3.8) is 0 Å². The first kappa shape index (κ1) is 21.7. The second kappa shape index (κ2) is 9.32. The Bertz CT molecular complexity index is 1090. The number of nitrogens with zero attached hydrogens (tertiary/aromatic N) is 1.